The number of carbonyl (C=O) groups is 1. The fourth-order valence-corrected chi connectivity index (χ4v) is 2.67. The van der Waals surface area contributed by atoms with Crippen LogP contribution in [0.2, 0.25) is 0 Å². The van der Waals surface area contributed by atoms with E-state index in [9.17, 15) is 9.90 Å². The summed E-state index contributed by atoms with van der Waals surface area (Å²) in [4.78, 5) is 13.5. The van der Waals surface area contributed by atoms with Crippen LogP contribution >= 0.6 is 15.9 Å². The molecule has 19 heavy (non-hydrogen) atoms. The molecule has 1 unspecified atom stereocenters. The highest BCUT2D eigenvalue weighted by molar-refractivity contribution is 9.10. The molecule has 1 aliphatic heterocycles. The van der Waals surface area contributed by atoms with Crippen LogP contribution in [0.3, 0.4) is 0 Å². The van der Waals surface area contributed by atoms with Crippen LogP contribution in [0.5, 0.6) is 0 Å². The number of hydrogen-bond acceptors (Lipinski definition) is 3. The highest BCUT2D eigenvalue weighted by Gasteiger charge is 2.26. The topological polar surface area (TPSA) is 52.6 Å². The Morgan fingerprint density at radius 2 is 1.95 bits per heavy atom. The van der Waals surface area contributed by atoms with Crippen LogP contribution in [-0.2, 0) is 11.2 Å². The molecule has 0 amide bonds. The van der Waals surface area contributed by atoms with Crippen molar-refractivity contribution < 1.29 is 9.90 Å². The molecule has 104 valence electrons. The lowest BCUT2D eigenvalue weighted by Gasteiger charge is -2.32. The Morgan fingerprint density at radius 1 is 1.32 bits per heavy atom. The van der Waals surface area contributed by atoms with Gasteiger partial charge in [0.1, 0.15) is 6.04 Å². The first-order valence-electron chi connectivity index (χ1n) is 6.59. The summed E-state index contributed by atoms with van der Waals surface area (Å²) in [6.45, 7) is 3.39. The van der Waals surface area contributed by atoms with Gasteiger partial charge in [-0.1, -0.05) is 28.1 Å². The molecule has 0 spiro atoms. The summed E-state index contributed by atoms with van der Waals surface area (Å²) in [5.41, 5.74) is 1.18. The molecule has 0 bridgehead atoms. The fourth-order valence-electron chi connectivity index (χ4n) is 2.41. The van der Waals surface area contributed by atoms with Gasteiger partial charge in [0.2, 0.25) is 0 Å². The van der Waals surface area contributed by atoms with E-state index in [1.165, 1.54) is 5.56 Å². The molecular formula is C14H19BrN2O2. The highest BCUT2D eigenvalue weighted by atomic mass is 79.9. The zero-order chi connectivity index (χ0) is 13.7. The largest absolute Gasteiger partial charge is 0.480 e. The molecule has 0 saturated carbocycles. The van der Waals surface area contributed by atoms with E-state index >= 15 is 0 Å². The van der Waals surface area contributed by atoms with Crippen molar-refractivity contribution in [3.63, 3.8) is 0 Å². The lowest BCUT2D eigenvalue weighted by atomic mass is 10.0. The van der Waals surface area contributed by atoms with Gasteiger partial charge < -0.3 is 10.4 Å². The van der Waals surface area contributed by atoms with Crippen molar-refractivity contribution in [2.24, 2.45) is 0 Å². The van der Waals surface area contributed by atoms with E-state index in [4.69, 9.17) is 0 Å². The van der Waals surface area contributed by atoms with Crippen molar-refractivity contribution in [2.45, 2.75) is 18.9 Å². The minimum absolute atomic E-state index is 0.370. The monoisotopic (exact) mass is 326 g/mol. The number of aliphatic carboxylic acids is 1. The number of carboxylic acid groups (broad SMARTS) is 1. The molecule has 5 heteroatoms. The van der Waals surface area contributed by atoms with Crippen molar-refractivity contribution in [1.29, 1.82) is 0 Å². The van der Waals surface area contributed by atoms with Gasteiger partial charge in [0, 0.05) is 30.7 Å². The van der Waals surface area contributed by atoms with Crippen LogP contribution in [0.25, 0.3) is 0 Å². The van der Waals surface area contributed by atoms with Gasteiger partial charge >= 0.3 is 5.97 Å². The quantitative estimate of drug-likeness (QED) is 0.865. The van der Waals surface area contributed by atoms with Crippen LogP contribution in [-0.4, -0.2) is 48.2 Å². The van der Waals surface area contributed by atoms with Crippen LogP contribution in [0.1, 0.15) is 12.0 Å². The Labute approximate surface area is 121 Å². The number of nitrogens with one attached hydrogen (secondary N) is 1. The molecule has 1 saturated heterocycles. The summed E-state index contributed by atoms with van der Waals surface area (Å²) >= 11 is 3.40. The van der Waals surface area contributed by atoms with Crippen molar-refractivity contribution in [3.8, 4) is 0 Å². The number of piperazine rings is 1. The number of aryl methyl sites for hydroxylation is 1. The minimum atomic E-state index is -0.709. The first-order chi connectivity index (χ1) is 9.16. The summed E-state index contributed by atoms with van der Waals surface area (Å²) in [5, 5.41) is 12.6. The summed E-state index contributed by atoms with van der Waals surface area (Å²) in [7, 11) is 0. The minimum Gasteiger partial charge on any atom is -0.480 e. The van der Waals surface area contributed by atoms with Crippen molar-refractivity contribution >= 4 is 21.9 Å². The molecule has 2 N–H and O–H groups in total. The van der Waals surface area contributed by atoms with Crippen LogP contribution in [0.4, 0.5) is 0 Å². The molecule has 2 rings (SSSR count). The maximum absolute atomic E-state index is 11.4. The molecule has 4 nitrogen and oxygen atoms in total. The molecular weight excluding hydrogens is 308 g/mol. The van der Waals surface area contributed by atoms with Gasteiger partial charge in [-0.3, -0.25) is 9.69 Å². The third-order valence-corrected chi connectivity index (χ3v) is 4.03. The average Bonchev–Trinajstić information content (AvgIpc) is 2.42. The first-order valence-corrected chi connectivity index (χ1v) is 7.38. The predicted molar refractivity (Wildman–Crippen MR) is 78.3 cm³/mol. The van der Waals surface area contributed by atoms with Gasteiger partial charge in [-0.05, 0) is 30.5 Å². The van der Waals surface area contributed by atoms with E-state index in [-0.39, 0.29) is 6.04 Å². The summed E-state index contributed by atoms with van der Waals surface area (Å²) in [5.74, 6) is -0.709. The third-order valence-electron chi connectivity index (χ3n) is 3.50. The Balaban J connectivity index is 1.93. The van der Waals surface area contributed by atoms with Crippen LogP contribution in [0.15, 0.2) is 28.7 Å². The van der Waals surface area contributed by atoms with Crippen molar-refractivity contribution in [2.75, 3.05) is 26.2 Å². The molecule has 1 fully saturated rings. The second-order valence-electron chi connectivity index (χ2n) is 4.81. The molecule has 1 aromatic carbocycles. The molecule has 1 heterocycles. The standard InChI is InChI=1S/C14H19BrN2O2/c15-12-4-1-11(2-5-12)3-6-13(14(18)19)17-9-7-16-8-10-17/h1-2,4-5,13,16H,3,6-10H2,(H,18,19). The van der Waals surface area contributed by atoms with E-state index < -0.39 is 5.97 Å². The van der Waals surface area contributed by atoms with Gasteiger partial charge in [-0.15, -0.1) is 0 Å². The number of halogens is 1. The Kier molecular flexibility index (Phi) is 5.36. The first kappa shape index (κ1) is 14.5. The summed E-state index contributed by atoms with van der Waals surface area (Å²) < 4.78 is 1.05. The molecule has 0 aliphatic carbocycles. The van der Waals surface area contributed by atoms with Gasteiger partial charge in [0.15, 0.2) is 0 Å². The van der Waals surface area contributed by atoms with Gasteiger partial charge in [-0.2, -0.15) is 0 Å². The Morgan fingerprint density at radius 3 is 2.53 bits per heavy atom. The van der Waals surface area contributed by atoms with Gasteiger partial charge in [-0.25, -0.2) is 0 Å². The van der Waals surface area contributed by atoms with Gasteiger partial charge in [0.05, 0.1) is 0 Å². The van der Waals surface area contributed by atoms with E-state index in [2.05, 4.69) is 26.1 Å². The lowest BCUT2D eigenvalue weighted by Crippen LogP contribution is -2.51. The molecule has 0 radical (unpaired) electrons. The van der Waals surface area contributed by atoms with Crippen LogP contribution in [0, 0.1) is 0 Å². The molecule has 0 aromatic heterocycles. The number of hydrogen-bond donors (Lipinski definition) is 2. The van der Waals surface area contributed by atoms with Gasteiger partial charge in [0.25, 0.3) is 0 Å². The van der Waals surface area contributed by atoms with E-state index in [1.54, 1.807) is 0 Å². The van der Waals surface area contributed by atoms with E-state index in [0.717, 1.165) is 37.1 Å². The molecule has 1 aromatic rings. The maximum atomic E-state index is 11.4. The Hall–Kier alpha value is -0.910. The number of carboxylic acids is 1. The zero-order valence-corrected chi connectivity index (χ0v) is 12.4. The number of nitrogens with zero attached hydrogens (tertiary/aromatic N) is 1. The smallest absolute Gasteiger partial charge is 0.320 e. The lowest BCUT2D eigenvalue weighted by molar-refractivity contribution is -0.143. The predicted octanol–water partition coefficient (Wildman–Crippen LogP) is 1.74. The maximum Gasteiger partial charge on any atom is 0.320 e. The third kappa shape index (κ3) is 4.30. The van der Waals surface area contributed by atoms with E-state index in [1.807, 2.05) is 24.3 Å². The number of benzene rings is 1. The van der Waals surface area contributed by atoms with Crippen molar-refractivity contribution in [1.82, 2.24) is 10.2 Å². The summed E-state index contributed by atoms with van der Waals surface area (Å²) in [6.07, 6.45) is 1.46. The Bertz CT molecular complexity index is 416. The second-order valence-corrected chi connectivity index (χ2v) is 5.72. The number of rotatable bonds is 5. The second kappa shape index (κ2) is 7.03. The van der Waals surface area contributed by atoms with Crippen molar-refractivity contribution in [3.05, 3.63) is 34.3 Å². The highest BCUT2D eigenvalue weighted by Crippen LogP contribution is 2.15. The van der Waals surface area contributed by atoms with Crippen LogP contribution < -0.4 is 5.32 Å². The summed E-state index contributed by atoms with van der Waals surface area (Å²) in [6, 6.07) is 7.71. The molecule has 1 atom stereocenters. The normalized spacial score (nSPS) is 18.2. The SMILES string of the molecule is O=C(O)C(CCc1ccc(Br)cc1)N1CCNCC1. The van der Waals surface area contributed by atoms with E-state index in [0.29, 0.717) is 6.42 Å². The fraction of sp³-hybridized carbons (Fsp3) is 0.500. The average molecular weight is 327 g/mol. The zero-order valence-electron chi connectivity index (χ0n) is 10.8. The molecule has 1 aliphatic rings.